The van der Waals surface area contributed by atoms with Crippen LogP contribution in [0, 0.1) is 0 Å². The van der Waals surface area contributed by atoms with E-state index in [1.165, 1.54) is 11.0 Å². The first kappa shape index (κ1) is 24.2. The van der Waals surface area contributed by atoms with Gasteiger partial charge in [0, 0.05) is 30.5 Å². The molecule has 0 bridgehead atoms. The molecule has 6 nitrogen and oxygen atoms in total. The van der Waals surface area contributed by atoms with Crippen molar-refractivity contribution < 1.29 is 9.59 Å². The molecular weight excluding hydrogens is 480 g/mol. The molecule has 0 saturated carbocycles. The number of allylic oxidation sites excluding steroid dienone is 2. The molecule has 1 heterocycles. The van der Waals surface area contributed by atoms with Gasteiger partial charge in [-0.1, -0.05) is 48.0 Å². The number of thiocarbonyl (C=S) groups is 1. The number of rotatable bonds is 6. The minimum atomic E-state index is -0.550. The minimum Gasteiger partial charge on any atom is -0.331 e. The SMILES string of the molecule is CN(C(=C/C=C1/C(=O)NC(=S)N(c2ccc(Cl)cc2)C1=O)N(C)c1ccccc1)c1ccccc1. The first-order valence-electron chi connectivity index (χ1n) is 10.8. The lowest BCUT2D eigenvalue weighted by atomic mass is 10.1. The van der Waals surface area contributed by atoms with E-state index in [0.717, 1.165) is 17.2 Å². The summed E-state index contributed by atoms with van der Waals surface area (Å²) in [5, 5.41) is 3.16. The van der Waals surface area contributed by atoms with E-state index in [9.17, 15) is 9.59 Å². The number of benzene rings is 3. The molecule has 1 saturated heterocycles. The van der Waals surface area contributed by atoms with E-state index < -0.39 is 11.8 Å². The highest BCUT2D eigenvalue weighted by atomic mass is 35.5. The molecule has 3 aromatic carbocycles. The second-order valence-corrected chi connectivity index (χ2v) is 8.59. The summed E-state index contributed by atoms with van der Waals surface area (Å²) in [4.78, 5) is 31.3. The third-order valence-corrected chi connectivity index (χ3v) is 6.10. The monoisotopic (exact) mass is 502 g/mol. The molecule has 3 aromatic rings. The molecule has 176 valence electrons. The van der Waals surface area contributed by atoms with Crippen LogP contribution in [0.2, 0.25) is 5.02 Å². The predicted octanol–water partition coefficient (Wildman–Crippen LogP) is 5.13. The lowest BCUT2D eigenvalue weighted by molar-refractivity contribution is -0.122. The van der Waals surface area contributed by atoms with E-state index in [-0.39, 0.29) is 10.7 Å². The van der Waals surface area contributed by atoms with Crippen LogP contribution in [0.25, 0.3) is 0 Å². The third-order valence-electron chi connectivity index (χ3n) is 5.56. The number of carbonyl (C=O) groups is 2. The lowest BCUT2D eigenvalue weighted by Crippen LogP contribution is -2.54. The zero-order chi connectivity index (χ0) is 24.9. The Labute approximate surface area is 214 Å². The van der Waals surface area contributed by atoms with E-state index in [1.807, 2.05) is 84.6 Å². The van der Waals surface area contributed by atoms with Crippen LogP contribution in [0.5, 0.6) is 0 Å². The van der Waals surface area contributed by atoms with Crippen LogP contribution in [-0.4, -0.2) is 31.0 Å². The summed E-state index contributed by atoms with van der Waals surface area (Å²) < 4.78 is 0. The first-order chi connectivity index (χ1) is 16.9. The number of para-hydroxylation sites is 2. The van der Waals surface area contributed by atoms with Crippen LogP contribution < -0.4 is 20.0 Å². The van der Waals surface area contributed by atoms with Crippen molar-refractivity contribution in [3.8, 4) is 0 Å². The summed E-state index contributed by atoms with van der Waals surface area (Å²) in [5.41, 5.74) is 2.38. The van der Waals surface area contributed by atoms with Crippen molar-refractivity contribution in [2.45, 2.75) is 0 Å². The molecular formula is C27H23ClN4O2S. The highest BCUT2D eigenvalue weighted by Gasteiger charge is 2.34. The second-order valence-electron chi connectivity index (χ2n) is 7.77. The topological polar surface area (TPSA) is 55.9 Å². The van der Waals surface area contributed by atoms with Gasteiger partial charge in [0.25, 0.3) is 11.8 Å². The van der Waals surface area contributed by atoms with Gasteiger partial charge >= 0.3 is 0 Å². The number of hydrogen-bond acceptors (Lipinski definition) is 5. The summed E-state index contributed by atoms with van der Waals surface area (Å²) in [6.07, 6.45) is 3.28. The van der Waals surface area contributed by atoms with Crippen LogP contribution in [0.4, 0.5) is 17.1 Å². The smallest absolute Gasteiger partial charge is 0.270 e. The van der Waals surface area contributed by atoms with Crippen LogP contribution in [0.15, 0.2) is 108 Å². The van der Waals surface area contributed by atoms with Gasteiger partial charge < -0.3 is 9.80 Å². The summed E-state index contributed by atoms with van der Waals surface area (Å²) >= 11 is 11.3. The number of nitrogens with zero attached hydrogens (tertiary/aromatic N) is 3. The van der Waals surface area contributed by atoms with Crippen LogP contribution in [-0.2, 0) is 9.59 Å². The summed E-state index contributed by atoms with van der Waals surface area (Å²) in [6.45, 7) is 0. The standard InChI is InChI=1S/C27H23ClN4O2S/c1-30(20-9-5-3-6-10-20)24(31(2)21-11-7-4-8-12-21)18-17-23-25(33)29-27(35)32(26(23)34)22-15-13-19(28)14-16-22/h3-18H,1-2H3,(H,29,33,35)/b23-17-. The molecule has 0 unspecified atom stereocenters. The average molecular weight is 503 g/mol. The van der Waals surface area contributed by atoms with Crippen molar-refractivity contribution in [1.29, 1.82) is 0 Å². The van der Waals surface area contributed by atoms with Crippen molar-refractivity contribution in [3.05, 3.63) is 113 Å². The van der Waals surface area contributed by atoms with E-state index in [4.69, 9.17) is 23.8 Å². The fraction of sp³-hybridized carbons (Fsp3) is 0.0741. The molecule has 1 aliphatic rings. The van der Waals surface area contributed by atoms with Crippen molar-refractivity contribution in [2.24, 2.45) is 0 Å². The number of hydrogen-bond donors (Lipinski definition) is 1. The van der Waals surface area contributed by atoms with Crippen molar-refractivity contribution in [2.75, 3.05) is 28.8 Å². The Bertz CT molecular complexity index is 1260. The van der Waals surface area contributed by atoms with Gasteiger partial charge in [0.15, 0.2) is 5.11 Å². The van der Waals surface area contributed by atoms with E-state index >= 15 is 0 Å². The van der Waals surface area contributed by atoms with Gasteiger partial charge in [0.2, 0.25) is 0 Å². The molecule has 0 spiro atoms. The molecule has 4 rings (SSSR count). The van der Waals surface area contributed by atoms with Crippen LogP contribution in [0.1, 0.15) is 0 Å². The predicted molar refractivity (Wildman–Crippen MR) is 146 cm³/mol. The van der Waals surface area contributed by atoms with Crippen LogP contribution >= 0.6 is 23.8 Å². The zero-order valence-electron chi connectivity index (χ0n) is 19.2. The van der Waals surface area contributed by atoms with E-state index in [2.05, 4.69) is 5.32 Å². The Morgan fingerprint density at radius 2 is 1.37 bits per heavy atom. The molecule has 0 aromatic heterocycles. The molecule has 35 heavy (non-hydrogen) atoms. The lowest BCUT2D eigenvalue weighted by Gasteiger charge is -2.31. The van der Waals surface area contributed by atoms with Gasteiger partial charge in [-0.05, 0) is 72.9 Å². The van der Waals surface area contributed by atoms with Crippen molar-refractivity contribution in [1.82, 2.24) is 5.32 Å². The molecule has 1 aliphatic heterocycles. The Morgan fingerprint density at radius 3 is 1.89 bits per heavy atom. The Kier molecular flexibility index (Phi) is 7.29. The molecule has 0 aliphatic carbocycles. The Morgan fingerprint density at radius 1 is 0.857 bits per heavy atom. The van der Waals surface area contributed by atoms with Gasteiger partial charge in [0.1, 0.15) is 11.4 Å². The second kappa shape index (κ2) is 10.5. The fourth-order valence-electron chi connectivity index (χ4n) is 3.68. The molecule has 1 N–H and O–H groups in total. The summed E-state index contributed by atoms with van der Waals surface area (Å²) in [7, 11) is 3.86. The third kappa shape index (κ3) is 5.26. The number of anilines is 3. The molecule has 0 atom stereocenters. The molecule has 2 amide bonds. The highest BCUT2D eigenvalue weighted by Crippen LogP contribution is 2.26. The highest BCUT2D eigenvalue weighted by molar-refractivity contribution is 7.80. The quantitative estimate of drug-likeness (QED) is 0.288. The number of halogens is 1. The number of carbonyl (C=O) groups excluding carboxylic acids is 2. The summed E-state index contributed by atoms with van der Waals surface area (Å²) in [5.74, 6) is -0.311. The minimum absolute atomic E-state index is 0.0199. The Hall–Kier alpha value is -3.94. The number of nitrogens with one attached hydrogen (secondary N) is 1. The van der Waals surface area contributed by atoms with E-state index in [1.54, 1.807) is 30.3 Å². The van der Waals surface area contributed by atoms with Crippen LogP contribution in [0.3, 0.4) is 0 Å². The van der Waals surface area contributed by atoms with Gasteiger partial charge in [0.05, 0.1) is 5.69 Å². The van der Waals surface area contributed by atoms with Crippen molar-refractivity contribution in [3.63, 3.8) is 0 Å². The normalized spacial score (nSPS) is 14.5. The summed E-state index contributed by atoms with van der Waals surface area (Å²) in [6, 6.07) is 26.3. The molecule has 8 heteroatoms. The maximum atomic E-state index is 13.3. The van der Waals surface area contributed by atoms with Gasteiger partial charge in [-0.15, -0.1) is 0 Å². The van der Waals surface area contributed by atoms with E-state index in [0.29, 0.717) is 10.7 Å². The van der Waals surface area contributed by atoms with Gasteiger partial charge in [-0.3, -0.25) is 19.8 Å². The largest absolute Gasteiger partial charge is 0.331 e. The van der Waals surface area contributed by atoms with Gasteiger partial charge in [-0.25, -0.2) is 0 Å². The zero-order valence-corrected chi connectivity index (χ0v) is 20.8. The maximum absolute atomic E-state index is 13.3. The number of amides is 2. The molecule has 0 radical (unpaired) electrons. The first-order valence-corrected chi connectivity index (χ1v) is 11.6. The maximum Gasteiger partial charge on any atom is 0.270 e. The Balaban J connectivity index is 1.75. The molecule has 1 fully saturated rings. The average Bonchev–Trinajstić information content (AvgIpc) is 2.87. The van der Waals surface area contributed by atoms with Crippen molar-refractivity contribution >= 4 is 57.8 Å². The van der Waals surface area contributed by atoms with Gasteiger partial charge in [-0.2, -0.15) is 0 Å². The fourth-order valence-corrected chi connectivity index (χ4v) is 4.08.